The molecule has 1 rings (SSSR count). The van der Waals surface area contributed by atoms with Gasteiger partial charge in [0.05, 0.1) is 0 Å². The van der Waals surface area contributed by atoms with Gasteiger partial charge in [0.1, 0.15) is 0 Å². The van der Waals surface area contributed by atoms with E-state index in [1.807, 2.05) is 0 Å². The van der Waals surface area contributed by atoms with Gasteiger partial charge in [-0.1, -0.05) is 0 Å². The Morgan fingerprint density at radius 3 is 2.00 bits per heavy atom. The van der Waals surface area contributed by atoms with E-state index in [0.29, 0.717) is 11.3 Å². The van der Waals surface area contributed by atoms with E-state index in [0.717, 1.165) is 0 Å². The van der Waals surface area contributed by atoms with E-state index >= 15 is 0 Å². The Kier molecular flexibility index (Phi) is 10.5. The van der Waals surface area contributed by atoms with E-state index in [1.54, 1.807) is 0 Å². The van der Waals surface area contributed by atoms with E-state index < -0.39 is 19.5 Å². The smallest absolute Gasteiger partial charge is 0.402 e. The number of piperidine rings is 1. The summed E-state index contributed by atoms with van der Waals surface area (Å²) in [5, 5.41) is 21.5. The van der Waals surface area contributed by atoms with E-state index in [2.05, 4.69) is 7.05 Å². The van der Waals surface area contributed by atoms with Crippen LogP contribution >= 0.6 is 0 Å². The Bertz CT molecular complexity index is 163. The van der Waals surface area contributed by atoms with Gasteiger partial charge < -0.3 is 20.0 Å². The Morgan fingerprint density at radius 1 is 1.33 bits per heavy atom. The maximum Gasteiger partial charge on any atom is 1.00 e. The van der Waals surface area contributed by atoms with Crippen LogP contribution in [0, 0.1) is 7.05 Å². The SMILES string of the molecule is OB(O)O.[CH2-]N1CCCC(F)C1(F)F.[K+]. The van der Waals surface area contributed by atoms with Crippen molar-refractivity contribution in [2.75, 3.05) is 6.54 Å². The van der Waals surface area contributed by atoms with Crippen LogP contribution in [0.3, 0.4) is 0 Å². The van der Waals surface area contributed by atoms with Gasteiger partial charge >= 0.3 is 64.8 Å². The molecule has 0 aliphatic carbocycles. The van der Waals surface area contributed by atoms with Crippen molar-refractivity contribution in [1.82, 2.24) is 4.90 Å². The molecular formula is C6H12BF3KNO3. The summed E-state index contributed by atoms with van der Waals surface area (Å²) in [5.41, 5.74) is 0. The van der Waals surface area contributed by atoms with Crippen molar-refractivity contribution in [2.24, 2.45) is 0 Å². The van der Waals surface area contributed by atoms with Crippen molar-refractivity contribution in [3.63, 3.8) is 0 Å². The van der Waals surface area contributed by atoms with Crippen LogP contribution in [0.15, 0.2) is 0 Å². The number of likely N-dealkylation sites (tertiary alicyclic amines) is 1. The Balaban J connectivity index is 0. The molecule has 84 valence electrons. The topological polar surface area (TPSA) is 63.9 Å². The summed E-state index contributed by atoms with van der Waals surface area (Å²) in [4.78, 5) is 0.515. The third kappa shape index (κ3) is 7.29. The van der Waals surface area contributed by atoms with Crippen molar-refractivity contribution in [3.8, 4) is 0 Å². The fourth-order valence-corrected chi connectivity index (χ4v) is 0.982. The molecule has 4 nitrogen and oxygen atoms in total. The van der Waals surface area contributed by atoms with Crippen LogP contribution in [0.5, 0.6) is 0 Å². The number of rotatable bonds is 0. The van der Waals surface area contributed by atoms with Crippen LogP contribution < -0.4 is 51.4 Å². The number of hydrogen-bond donors (Lipinski definition) is 3. The van der Waals surface area contributed by atoms with Crippen molar-refractivity contribution >= 4 is 7.32 Å². The second-order valence-electron chi connectivity index (χ2n) is 2.81. The van der Waals surface area contributed by atoms with E-state index in [9.17, 15) is 13.2 Å². The molecule has 1 aliphatic heterocycles. The molecule has 0 radical (unpaired) electrons. The van der Waals surface area contributed by atoms with Gasteiger partial charge in [0.25, 0.3) is 0 Å². The second kappa shape index (κ2) is 8.43. The normalized spacial score (nSPS) is 24.6. The molecule has 0 aromatic heterocycles. The molecule has 0 saturated carbocycles. The Hall–Kier alpha value is 1.33. The van der Waals surface area contributed by atoms with Gasteiger partial charge in [0.2, 0.25) is 0 Å². The first-order valence-corrected chi connectivity index (χ1v) is 3.92. The van der Waals surface area contributed by atoms with E-state index in [4.69, 9.17) is 15.1 Å². The fourth-order valence-electron chi connectivity index (χ4n) is 0.982. The van der Waals surface area contributed by atoms with Crippen LogP contribution in [0.4, 0.5) is 13.2 Å². The summed E-state index contributed by atoms with van der Waals surface area (Å²) in [6.45, 7) is 0.174. The number of alkyl halides is 3. The maximum atomic E-state index is 12.5. The van der Waals surface area contributed by atoms with Crippen molar-refractivity contribution in [3.05, 3.63) is 7.05 Å². The second-order valence-corrected chi connectivity index (χ2v) is 2.81. The third-order valence-electron chi connectivity index (χ3n) is 1.68. The number of hydrogen-bond acceptors (Lipinski definition) is 4. The fraction of sp³-hybridized carbons (Fsp3) is 0.833. The molecular weight excluding hydrogens is 241 g/mol. The molecule has 0 spiro atoms. The van der Waals surface area contributed by atoms with Gasteiger partial charge in [-0.3, -0.25) is 7.05 Å². The monoisotopic (exact) mass is 253 g/mol. The number of halogens is 3. The first-order chi connectivity index (χ1) is 6.28. The summed E-state index contributed by atoms with van der Waals surface area (Å²) in [6, 6.07) is -3.35. The molecule has 1 atom stereocenters. The van der Waals surface area contributed by atoms with Gasteiger partial charge in [0.15, 0.2) is 6.17 Å². The van der Waals surface area contributed by atoms with Gasteiger partial charge in [-0.15, -0.1) is 0 Å². The van der Waals surface area contributed by atoms with Gasteiger partial charge in [0, 0.05) is 0 Å². The average Bonchev–Trinajstić information content (AvgIpc) is 2.00. The molecule has 0 aromatic carbocycles. The summed E-state index contributed by atoms with van der Waals surface area (Å²) >= 11 is 0. The first-order valence-electron chi connectivity index (χ1n) is 3.92. The standard InChI is InChI=1S/C6H9F3N.BH3O3.K/c1-10-4-2-3-5(7)6(10,8)9;2-1(3)4;/h5H,1-4H2;2-4H;/q-1;;+1. The zero-order chi connectivity index (χ0) is 11.4. The predicted octanol–water partition coefficient (Wildman–Crippen LogP) is -3.24. The Labute approximate surface area is 129 Å². The molecule has 1 fully saturated rings. The molecule has 0 bridgehead atoms. The van der Waals surface area contributed by atoms with Gasteiger partial charge in [-0.25, -0.2) is 4.39 Å². The van der Waals surface area contributed by atoms with Crippen molar-refractivity contribution in [2.45, 2.75) is 25.1 Å². The molecule has 15 heavy (non-hydrogen) atoms. The van der Waals surface area contributed by atoms with Gasteiger partial charge in [-0.2, -0.15) is 8.78 Å². The predicted molar refractivity (Wildman–Crippen MR) is 43.6 cm³/mol. The van der Waals surface area contributed by atoms with Gasteiger partial charge in [-0.05, 0) is 19.4 Å². The van der Waals surface area contributed by atoms with Crippen LogP contribution in [0.2, 0.25) is 0 Å². The van der Waals surface area contributed by atoms with Crippen molar-refractivity contribution in [1.29, 1.82) is 0 Å². The molecule has 0 aromatic rings. The average molecular weight is 253 g/mol. The molecule has 1 aliphatic rings. The zero-order valence-corrected chi connectivity index (χ0v) is 11.5. The quantitative estimate of drug-likeness (QED) is 0.241. The molecule has 9 heteroatoms. The molecule has 0 amide bonds. The number of nitrogens with zero attached hydrogens (tertiary/aromatic N) is 1. The summed E-state index contributed by atoms with van der Waals surface area (Å²) < 4.78 is 37.3. The van der Waals surface area contributed by atoms with Crippen LogP contribution in [-0.4, -0.2) is 46.1 Å². The maximum absolute atomic E-state index is 12.5. The van der Waals surface area contributed by atoms with Crippen LogP contribution in [0.1, 0.15) is 12.8 Å². The van der Waals surface area contributed by atoms with Crippen LogP contribution in [-0.2, 0) is 0 Å². The summed E-state index contributed by atoms with van der Waals surface area (Å²) in [6.07, 6.45) is -1.64. The van der Waals surface area contributed by atoms with E-state index in [1.165, 1.54) is 0 Å². The zero-order valence-electron chi connectivity index (χ0n) is 8.41. The molecule has 1 heterocycles. The Morgan fingerprint density at radius 2 is 1.73 bits per heavy atom. The molecule has 1 unspecified atom stereocenters. The minimum Gasteiger partial charge on any atom is -0.402 e. The largest absolute Gasteiger partial charge is 1.00 e. The summed E-state index contributed by atoms with van der Waals surface area (Å²) in [5.74, 6) is 0. The molecule has 3 N–H and O–H groups in total. The first kappa shape index (κ1) is 18.7. The minimum absolute atomic E-state index is 0. The van der Waals surface area contributed by atoms with Crippen molar-refractivity contribution < 1.29 is 79.6 Å². The minimum atomic E-state index is -3.35. The van der Waals surface area contributed by atoms with E-state index in [-0.39, 0.29) is 64.4 Å². The van der Waals surface area contributed by atoms with Crippen LogP contribution in [0.25, 0.3) is 0 Å². The summed E-state index contributed by atoms with van der Waals surface area (Å²) in [7, 11) is 0.877. The third-order valence-corrected chi connectivity index (χ3v) is 1.68. The molecule has 1 saturated heterocycles.